The summed E-state index contributed by atoms with van der Waals surface area (Å²) in [5.41, 5.74) is 5.84. The Morgan fingerprint density at radius 1 is 1.14 bits per heavy atom. The lowest BCUT2D eigenvalue weighted by Crippen LogP contribution is -2.18. The predicted molar refractivity (Wildman–Crippen MR) is 116 cm³/mol. The van der Waals surface area contributed by atoms with Crippen molar-refractivity contribution < 1.29 is 4.79 Å². The van der Waals surface area contributed by atoms with Crippen LogP contribution < -0.4 is 10.9 Å². The first-order valence-electron chi connectivity index (χ1n) is 9.64. The second kappa shape index (κ2) is 7.40. The van der Waals surface area contributed by atoms with Crippen molar-refractivity contribution in [2.24, 2.45) is 7.05 Å². The highest BCUT2D eigenvalue weighted by molar-refractivity contribution is 7.14. The number of rotatable bonds is 3. The third kappa shape index (κ3) is 3.42. The van der Waals surface area contributed by atoms with Gasteiger partial charge >= 0.3 is 0 Å². The van der Waals surface area contributed by atoms with E-state index in [0.29, 0.717) is 5.56 Å². The van der Waals surface area contributed by atoms with Gasteiger partial charge in [-0.3, -0.25) is 9.59 Å². The molecule has 1 amide bonds. The van der Waals surface area contributed by atoms with E-state index < -0.39 is 0 Å². The zero-order valence-electron chi connectivity index (χ0n) is 16.5. The number of carbonyl (C=O) groups is 1. The van der Waals surface area contributed by atoms with Crippen LogP contribution in [0, 0.1) is 13.8 Å². The minimum atomic E-state index is -0.0451. The Kier molecular flexibility index (Phi) is 4.94. The van der Waals surface area contributed by atoms with Gasteiger partial charge in [-0.2, -0.15) is 0 Å². The number of thiophene rings is 1. The minimum Gasteiger partial charge on any atom is -0.321 e. The molecule has 0 unspecified atom stereocenters. The van der Waals surface area contributed by atoms with Crippen molar-refractivity contribution in [1.29, 1.82) is 0 Å². The molecule has 4 rings (SSSR count). The van der Waals surface area contributed by atoms with Crippen molar-refractivity contribution in [2.45, 2.75) is 39.5 Å². The molecule has 1 aliphatic rings. The molecule has 0 bridgehead atoms. The largest absolute Gasteiger partial charge is 0.321 e. The second-order valence-corrected chi connectivity index (χ2v) is 8.66. The molecule has 3 aromatic rings. The number of aromatic nitrogens is 1. The van der Waals surface area contributed by atoms with Gasteiger partial charge in [-0.05, 0) is 80.0 Å². The van der Waals surface area contributed by atoms with Crippen LogP contribution >= 0.6 is 11.3 Å². The van der Waals surface area contributed by atoms with Gasteiger partial charge in [-0.1, -0.05) is 12.1 Å². The molecule has 2 heterocycles. The summed E-state index contributed by atoms with van der Waals surface area (Å²) >= 11 is 1.62. The fraction of sp³-hybridized carbons (Fsp3) is 0.304. The predicted octanol–water partition coefficient (Wildman–Crippen LogP) is 4.86. The maximum Gasteiger partial charge on any atom is 0.265 e. The summed E-state index contributed by atoms with van der Waals surface area (Å²) in [6.45, 7) is 3.83. The lowest BCUT2D eigenvalue weighted by Gasteiger charge is -2.13. The number of fused-ring (bicyclic) bond motifs is 1. The SMILES string of the molecule is Cc1c(NC(=O)c2cc3c(s2)CCCC3)cccc1-c1cc(C)c(=O)n(C)c1. The molecule has 0 saturated carbocycles. The Morgan fingerprint density at radius 3 is 2.68 bits per heavy atom. The molecule has 28 heavy (non-hydrogen) atoms. The van der Waals surface area contributed by atoms with Gasteiger partial charge in [0.2, 0.25) is 0 Å². The van der Waals surface area contributed by atoms with Crippen LogP contribution in [0.5, 0.6) is 0 Å². The molecule has 4 nitrogen and oxygen atoms in total. The Labute approximate surface area is 168 Å². The number of pyridine rings is 1. The van der Waals surface area contributed by atoms with Gasteiger partial charge < -0.3 is 9.88 Å². The summed E-state index contributed by atoms with van der Waals surface area (Å²) in [7, 11) is 1.76. The second-order valence-electron chi connectivity index (χ2n) is 7.53. The molecule has 1 N–H and O–H groups in total. The van der Waals surface area contributed by atoms with E-state index in [4.69, 9.17) is 0 Å². The number of anilines is 1. The Morgan fingerprint density at radius 2 is 1.93 bits per heavy atom. The Bertz CT molecular complexity index is 1070. The van der Waals surface area contributed by atoms with Crippen molar-refractivity contribution in [3.63, 3.8) is 0 Å². The average Bonchev–Trinajstić information content (AvgIpc) is 3.12. The summed E-state index contributed by atoms with van der Waals surface area (Å²) in [5.74, 6) is -0.0451. The van der Waals surface area contributed by atoms with Crippen LogP contribution in [-0.4, -0.2) is 10.5 Å². The molecule has 0 atom stereocenters. The van der Waals surface area contributed by atoms with Crippen molar-refractivity contribution in [3.05, 3.63) is 73.3 Å². The highest BCUT2D eigenvalue weighted by Gasteiger charge is 2.18. The fourth-order valence-corrected chi connectivity index (χ4v) is 5.04. The number of benzene rings is 1. The molecule has 0 aliphatic heterocycles. The van der Waals surface area contributed by atoms with E-state index in [-0.39, 0.29) is 11.5 Å². The first-order valence-corrected chi connectivity index (χ1v) is 10.5. The molecule has 5 heteroatoms. The number of aryl methyl sites for hydroxylation is 4. The van der Waals surface area contributed by atoms with Crippen LogP contribution in [0.2, 0.25) is 0 Å². The molecule has 144 valence electrons. The molecule has 1 aliphatic carbocycles. The van der Waals surface area contributed by atoms with E-state index in [0.717, 1.165) is 40.1 Å². The summed E-state index contributed by atoms with van der Waals surface area (Å²) in [4.78, 5) is 27.0. The van der Waals surface area contributed by atoms with E-state index in [9.17, 15) is 9.59 Å². The normalized spacial score (nSPS) is 13.2. The summed E-state index contributed by atoms with van der Waals surface area (Å²) in [6, 6.07) is 9.86. The Hall–Kier alpha value is -2.66. The third-order valence-electron chi connectivity index (χ3n) is 5.48. The molecule has 2 aromatic heterocycles. The van der Waals surface area contributed by atoms with E-state index in [1.807, 2.05) is 44.3 Å². The number of nitrogens with zero attached hydrogens (tertiary/aromatic N) is 1. The van der Waals surface area contributed by atoms with Crippen LogP contribution in [-0.2, 0) is 19.9 Å². The molecular formula is C23H24N2O2S. The summed E-state index contributed by atoms with van der Waals surface area (Å²) in [5, 5.41) is 3.09. The maximum atomic E-state index is 12.8. The van der Waals surface area contributed by atoms with Gasteiger partial charge in [0.15, 0.2) is 0 Å². The zero-order chi connectivity index (χ0) is 19.8. The monoisotopic (exact) mass is 392 g/mol. The lowest BCUT2D eigenvalue weighted by atomic mass is 9.99. The first-order chi connectivity index (χ1) is 13.4. The smallest absolute Gasteiger partial charge is 0.265 e. The quantitative estimate of drug-likeness (QED) is 0.692. The summed E-state index contributed by atoms with van der Waals surface area (Å²) in [6.07, 6.45) is 6.45. The lowest BCUT2D eigenvalue weighted by molar-refractivity contribution is 0.103. The molecule has 0 spiro atoms. The zero-order valence-corrected chi connectivity index (χ0v) is 17.3. The van der Waals surface area contributed by atoms with E-state index in [1.54, 1.807) is 23.0 Å². The van der Waals surface area contributed by atoms with Gasteiger partial charge in [-0.15, -0.1) is 11.3 Å². The number of amides is 1. The average molecular weight is 393 g/mol. The van der Waals surface area contributed by atoms with Crippen LogP contribution in [0.1, 0.15) is 44.1 Å². The molecule has 1 aromatic carbocycles. The van der Waals surface area contributed by atoms with Gasteiger partial charge in [0, 0.05) is 29.4 Å². The molecular weight excluding hydrogens is 368 g/mol. The van der Waals surface area contributed by atoms with Crippen LogP contribution in [0.25, 0.3) is 11.1 Å². The fourth-order valence-electron chi connectivity index (χ4n) is 3.90. The maximum absolute atomic E-state index is 12.8. The van der Waals surface area contributed by atoms with Crippen LogP contribution in [0.4, 0.5) is 5.69 Å². The highest BCUT2D eigenvalue weighted by atomic mass is 32.1. The molecule has 0 radical (unpaired) electrons. The topological polar surface area (TPSA) is 51.1 Å². The first kappa shape index (κ1) is 18.7. The van der Waals surface area contributed by atoms with E-state index in [1.165, 1.54) is 23.3 Å². The number of hydrogen-bond donors (Lipinski definition) is 1. The third-order valence-corrected chi connectivity index (χ3v) is 6.71. The molecule has 0 saturated heterocycles. The van der Waals surface area contributed by atoms with Gasteiger partial charge in [0.1, 0.15) is 0 Å². The number of hydrogen-bond acceptors (Lipinski definition) is 3. The minimum absolute atomic E-state index is 0.00697. The number of nitrogens with one attached hydrogen (secondary N) is 1. The van der Waals surface area contributed by atoms with Crippen molar-refractivity contribution in [2.75, 3.05) is 5.32 Å². The molecule has 0 fully saturated rings. The highest BCUT2D eigenvalue weighted by Crippen LogP contribution is 2.32. The number of carbonyl (C=O) groups excluding carboxylic acids is 1. The van der Waals surface area contributed by atoms with E-state index in [2.05, 4.69) is 11.4 Å². The van der Waals surface area contributed by atoms with Crippen molar-refractivity contribution in [3.8, 4) is 11.1 Å². The van der Waals surface area contributed by atoms with Gasteiger partial charge in [-0.25, -0.2) is 0 Å². The Balaban J connectivity index is 1.64. The summed E-state index contributed by atoms with van der Waals surface area (Å²) < 4.78 is 1.60. The van der Waals surface area contributed by atoms with Gasteiger partial charge in [0.05, 0.1) is 4.88 Å². The van der Waals surface area contributed by atoms with Crippen LogP contribution in [0.15, 0.2) is 41.3 Å². The van der Waals surface area contributed by atoms with Crippen molar-refractivity contribution in [1.82, 2.24) is 4.57 Å². The van der Waals surface area contributed by atoms with E-state index >= 15 is 0 Å². The standard InChI is InChI=1S/C23H24N2O2S/c1-14-11-17(13-25(3)23(14)27)18-8-6-9-19(15(18)2)24-22(26)21-12-16-7-4-5-10-20(16)28-21/h6,8-9,11-13H,4-5,7,10H2,1-3H3,(H,24,26). The van der Waals surface area contributed by atoms with Gasteiger partial charge in [0.25, 0.3) is 11.5 Å². The van der Waals surface area contributed by atoms with Crippen LogP contribution in [0.3, 0.4) is 0 Å². The van der Waals surface area contributed by atoms with Crippen molar-refractivity contribution >= 4 is 22.9 Å².